The highest BCUT2D eigenvalue weighted by Gasteiger charge is 2.39. The molecule has 1 aromatic rings. The van der Waals surface area contributed by atoms with Crippen molar-refractivity contribution in [1.82, 2.24) is 4.90 Å². The Morgan fingerprint density at radius 2 is 2.21 bits per heavy atom. The molecule has 0 aliphatic carbocycles. The summed E-state index contributed by atoms with van der Waals surface area (Å²) < 4.78 is 0. The molecule has 0 aromatic heterocycles. The third kappa shape index (κ3) is 2.10. The molecule has 6 nitrogen and oxygen atoms in total. The highest BCUT2D eigenvalue weighted by molar-refractivity contribution is 8.14. The monoisotopic (exact) mass is 297 g/mol. The fourth-order valence-corrected chi connectivity index (χ4v) is 4.33. The topological polar surface area (TPSA) is 83.9 Å². The zero-order valence-corrected chi connectivity index (χ0v) is 11.2. The molecule has 1 unspecified atom stereocenters. The number of carbonyl (C=O) groups excluding carboxylic acids is 2. The minimum atomic E-state index is -0.407. The van der Waals surface area contributed by atoms with Crippen LogP contribution < -0.4 is 5.23 Å². The zero-order chi connectivity index (χ0) is 13.6. The molecule has 100 valence electrons. The van der Waals surface area contributed by atoms with E-state index in [9.17, 15) is 14.8 Å². The van der Waals surface area contributed by atoms with Gasteiger partial charge in [0.15, 0.2) is 0 Å². The SMILES string of the molecule is O=C1Sc2cc(N([O-])O)ccc2C(=O)N2CSCC12. The molecule has 1 fully saturated rings. The fraction of sp³-hybridized carbons (Fsp3) is 0.273. The van der Waals surface area contributed by atoms with Crippen molar-refractivity contribution in [3.8, 4) is 0 Å². The number of carbonyl (C=O) groups is 2. The van der Waals surface area contributed by atoms with E-state index in [4.69, 9.17) is 5.21 Å². The molecule has 2 heterocycles. The van der Waals surface area contributed by atoms with Crippen LogP contribution in [-0.4, -0.2) is 38.8 Å². The van der Waals surface area contributed by atoms with Gasteiger partial charge in [-0.15, -0.1) is 11.8 Å². The first-order valence-corrected chi connectivity index (χ1v) is 7.45. The summed E-state index contributed by atoms with van der Waals surface area (Å²) in [5.41, 5.74) is 0.400. The molecule has 19 heavy (non-hydrogen) atoms. The van der Waals surface area contributed by atoms with Crippen molar-refractivity contribution in [2.24, 2.45) is 0 Å². The Morgan fingerprint density at radius 3 is 2.95 bits per heavy atom. The number of hydrogen-bond donors (Lipinski definition) is 1. The Hall–Kier alpha value is -1.22. The molecule has 1 saturated heterocycles. The lowest BCUT2D eigenvalue weighted by molar-refractivity contribution is -0.113. The predicted octanol–water partition coefficient (Wildman–Crippen LogP) is 1.53. The quantitative estimate of drug-likeness (QED) is 0.787. The van der Waals surface area contributed by atoms with Gasteiger partial charge in [-0.1, -0.05) is 0 Å². The molecule has 0 spiro atoms. The van der Waals surface area contributed by atoms with Crippen LogP contribution in [0.3, 0.4) is 0 Å². The number of thioether (sulfide) groups is 2. The Labute approximate surface area is 117 Å². The van der Waals surface area contributed by atoms with Crippen molar-refractivity contribution in [2.45, 2.75) is 10.9 Å². The first-order chi connectivity index (χ1) is 9.08. The van der Waals surface area contributed by atoms with Crippen LogP contribution in [-0.2, 0) is 4.79 Å². The van der Waals surface area contributed by atoms with Gasteiger partial charge in [-0.2, -0.15) is 0 Å². The Bertz CT molecular complexity index is 564. The van der Waals surface area contributed by atoms with Crippen LogP contribution in [0, 0.1) is 5.21 Å². The van der Waals surface area contributed by atoms with E-state index in [1.165, 1.54) is 18.2 Å². The van der Waals surface area contributed by atoms with E-state index < -0.39 is 6.04 Å². The maximum absolute atomic E-state index is 12.3. The van der Waals surface area contributed by atoms with Crippen LogP contribution in [0.15, 0.2) is 23.1 Å². The third-order valence-electron chi connectivity index (χ3n) is 3.04. The summed E-state index contributed by atoms with van der Waals surface area (Å²) in [6.07, 6.45) is 0. The average Bonchev–Trinajstić information content (AvgIpc) is 2.83. The molecule has 0 saturated carbocycles. The molecule has 8 heteroatoms. The molecular formula is C11H9N2O4S2-. The smallest absolute Gasteiger partial charge is 0.256 e. The molecule has 0 radical (unpaired) electrons. The summed E-state index contributed by atoms with van der Waals surface area (Å²) in [5.74, 6) is 0.904. The molecule has 1 atom stereocenters. The highest BCUT2D eigenvalue weighted by atomic mass is 32.2. The van der Waals surface area contributed by atoms with E-state index in [0.29, 0.717) is 22.1 Å². The van der Waals surface area contributed by atoms with Gasteiger partial charge in [-0.25, -0.2) is 0 Å². The van der Waals surface area contributed by atoms with Gasteiger partial charge in [0.05, 0.1) is 17.1 Å². The molecule has 0 bridgehead atoms. The van der Waals surface area contributed by atoms with Crippen molar-refractivity contribution in [1.29, 1.82) is 0 Å². The second-order valence-corrected chi connectivity index (χ2v) is 6.21. The van der Waals surface area contributed by atoms with Crippen LogP contribution in [0.2, 0.25) is 0 Å². The summed E-state index contributed by atoms with van der Waals surface area (Å²) in [6, 6.07) is 3.78. The van der Waals surface area contributed by atoms with E-state index in [2.05, 4.69) is 0 Å². The molecule has 1 N–H and O–H groups in total. The van der Waals surface area contributed by atoms with Gasteiger partial charge < -0.3 is 15.3 Å². The largest absolute Gasteiger partial charge is 0.733 e. The molecule has 2 aliphatic heterocycles. The maximum atomic E-state index is 12.3. The number of hydrogen-bond acceptors (Lipinski definition) is 7. The van der Waals surface area contributed by atoms with Gasteiger partial charge in [0.2, 0.25) is 5.12 Å². The lowest BCUT2D eigenvalue weighted by Crippen LogP contribution is -2.39. The summed E-state index contributed by atoms with van der Waals surface area (Å²) in [7, 11) is 0. The lowest BCUT2D eigenvalue weighted by Gasteiger charge is -2.22. The number of anilines is 1. The van der Waals surface area contributed by atoms with E-state index in [0.717, 1.165) is 11.8 Å². The molecule has 3 rings (SSSR count). The lowest BCUT2D eigenvalue weighted by atomic mass is 10.1. The summed E-state index contributed by atoms with van der Waals surface area (Å²) in [5, 5.41) is 19.3. The number of benzene rings is 1. The highest BCUT2D eigenvalue weighted by Crippen LogP contribution is 2.37. The fourth-order valence-electron chi connectivity index (χ4n) is 2.06. The Kier molecular flexibility index (Phi) is 3.17. The first-order valence-electron chi connectivity index (χ1n) is 5.48. The van der Waals surface area contributed by atoms with Gasteiger partial charge in [-0.05, 0) is 30.0 Å². The summed E-state index contributed by atoms with van der Waals surface area (Å²) in [4.78, 5) is 26.4. The number of rotatable bonds is 1. The summed E-state index contributed by atoms with van der Waals surface area (Å²) in [6.45, 7) is 0. The van der Waals surface area contributed by atoms with Gasteiger partial charge in [0, 0.05) is 10.6 Å². The first kappa shape index (κ1) is 12.8. The normalized spacial score (nSPS) is 22.0. The van der Waals surface area contributed by atoms with Crippen molar-refractivity contribution in [3.05, 3.63) is 29.0 Å². The van der Waals surface area contributed by atoms with Crippen molar-refractivity contribution < 1.29 is 14.8 Å². The number of fused-ring (bicyclic) bond motifs is 2. The van der Waals surface area contributed by atoms with Gasteiger partial charge in [0.1, 0.15) is 6.04 Å². The van der Waals surface area contributed by atoms with Crippen LogP contribution in [0.25, 0.3) is 0 Å². The van der Waals surface area contributed by atoms with Crippen LogP contribution in [0.1, 0.15) is 10.4 Å². The van der Waals surface area contributed by atoms with Crippen molar-refractivity contribution in [2.75, 3.05) is 16.9 Å². The van der Waals surface area contributed by atoms with E-state index >= 15 is 0 Å². The molecule has 1 amide bonds. The van der Waals surface area contributed by atoms with Gasteiger partial charge >= 0.3 is 0 Å². The van der Waals surface area contributed by atoms with Gasteiger partial charge in [-0.3, -0.25) is 14.8 Å². The number of amides is 1. The standard InChI is InChI=1S/C11H9N2O4S2/c14-10-7-2-1-6(13(16)17)3-9(7)19-11(15)8-4-18-5-12(8)10/h1-3,8,16H,4-5H2/q-1. The molecular weight excluding hydrogens is 288 g/mol. The number of nitrogens with zero attached hydrogens (tertiary/aromatic N) is 2. The second-order valence-electron chi connectivity index (χ2n) is 4.17. The summed E-state index contributed by atoms with van der Waals surface area (Å²) >= 11 is 2.50. The van der Waals surface area contributed by atoms with Gasteiger partial charge in [0.25, 0.3) is 5.91 Å². The molecule has 2 aliphatic rings. The predicted molar refractivity (Wildman–Crippen MR) is 72.2 cm³/mol. The zero-order valence-electron chi connectivity index (χ0n) is 9.61. The van der Waals surface area contributed by atoms with Crippen molar-refractivity contribution >= 4 is 40.2 Å². The Morgan fingerprint density at radius 1 is 1.42 bits per heavy atom. The maximum Gasteiger partial charge on any atom is 0.256 e. The van der Waals surface area contributed by atoms with E-state index in [-0.39, 0.29) is 21.9 Å². The van der Waals surface area contributed by atoms with Crippen LogP contribution >= 0.6 is 23.5 Å². The van der Waals surface area contributed by atoms with Crippen LogP contribution in [0.5, 0.6) is 0 Å². The van der Waals surface area contributed by atoms with Crippen molar-refractivity contribution in [3.63, 3.8) is 0 Å². The second kappa shape index (κ2) is 4.71. The minimum absolute atomic E-state index is 0.00304. The van der Waals surface area contributed by atoms with E-state index in [1.807, 2.05) is 0 Å². The average molecular weight is 297 g/mol. The Balaban J connectivity index is 2.07. The minimum Gasteiger partial charge on any atom is -0.733 e. The van der Waals surface area contributed by atoms with E-state index in [1.54, 1.807) is 16.7 Å². The van der Waals surface area contributed by atoms with Crippen LogP contribution in [0.4, 0.5) is 5.69 Å². The molecule has 1 aromatic carbocycles. The third-order valence-corrected chi connectivity index (χ3v) is 5.09.